The Bertz CT molecular complexity index is 1160. The predicted molar refractivity (Wildman–Crippen MR) is 116 cm³/mol. The van der Waals surface area contributed by atoms with Gasteiger partial charge in [0.2, 0.25) is 0 Å². The molecule has 3 N–H and O–H groups in total. The molecule has 0 spiro atoms. The first-order valence-electron chi connectivity index (χ1n) is 8.90. The number of nitrogens with one attached hydrogen (secondary N) is 3. The van der Waals surface area contributed by atoms with E-state index in [2.05, 4.69) is 41.5 Å². The highest BCUT2D eigenvalue weighted by Crippen LogP contribution is 2.28. The molecule has 7 nitrogen and oxygen atoms in total. The predicted octanol–water partition coefficient (Wildman–Crippen LogP) is 4.96. The third-order valence-electron chi connectivity index (χ3n) is 4.34. The van der Waals surface area contributed by atoms with Gasteiger partial charge in [0.1, 0.15) is 17.1 Å². The minimum atomic E-state index is -0.382. The van der Waals surface area contributed by atoms with Crippen LogP contribution in [0.5, 0.6) is 5.75 Å². The number of amides is 2. The zero-order valence-electron chi connectivity index (χ0n) is 15.6. The molecule has 0 aliphatic rings. The number of aromatic amines is 1. The van der Waals surface area contributed by atoms with Crippen LogP contribution in [0.3, 0.4) is 0 Å². The summed E-state index contributed by atoms with van der Waals surface area (Å²) in [6.07, 6.45) is 4.16. The molecule has 29 heavy (non-hydrogen) atoms. The normalized spacial score (nSPS) is 10.7. The van der Waals surface area contributed by atoms with Crippen LogP contribution in [-0.4, -0.2) is 28.1 Å². The van der Waals surface area contributed by atoms with Crippen LogP contribution in [0.2, 0.25) is 0 Å². The van der Waals surface area contributed by atoms with Gasteiger partial charge in [-0.2, -0.15) is 0 Å². The Morgan fingerprint density at radius 3 is 2.69 bits per heavy atom. The van der Waals surface area contributed by atoms with Gasteiger partial charge in [-0.05, 0) is 48.0 Å². The van der Waals surface area contributed by atoms with Gasteiger partial charge in [0.25, 0.3) is 0 Å². The largest absolute Gasteiger partial charge is 0.495 e. The molecule has 0 saturated heterocycles. The van der Waals surface area contributed by atoms with Gasteiger partial charge in [0.15, 0.2) is 0 Å². The summed E-state index contributed by atoms with van der Waals surface area (Å²) in [5.74, 6) is 1.38. The minimum absolute atomic E-state index is 0.382. The number of carbonyl (C=O) groups excluding carboxylic acids is 1. The number of carbonyl (C=O) groups is 1. The van der Waals surface area contributed by atoms with Crippen LogP contribution in [0.4, 0.5) is 16.2 Å². The Kier molecular flexibility index (Phi) is 5.44. The first-order valence-corrected chi connectivity index (χ1v) is 9.70. The number of aromatic nitrogens is 3. The second kappa shape index (κ2) is 8.32. The second-order valence-electron chi connectivity index (χ2n) is 6.34. The van der Waals surface area contributed by atoms with E-state index in [1.165, 1.54) is 0 Å². The number of ether oxygens (including phenoxy) is 1. The molecule has 2 heterocycles. The van der Waals surface area contributed by atoms with Crippen LogP contribution in [0.1, 0.15) is 11.4 Å². The molecule has 2 amide bonds. The molecule has 8 heteroatoms. The molecule has 4 rings (SSSR count). The molecule has 0 fully saturated rings. The topological polar surface area (TPSA) is 91.9 Å². The fraction of sp³-hybridized carbons (Fsp3) is 0.0952. The smallest absolute Gasteiger partial charge is 0.323 e. The van der Waals surface area contributed by atoms with Gasteiger partial charge in [0.05, 0.1) is 24.0 Å². The fourth-order valence-corrected chi connectivity index (χ4v) is 3.38. The van der Waals surface area contributed by atoms with E-state index in [1.54, 1.807) is 31.6 Å². The van der Waals surface area contributed by atoms with Gasteiger partial charge >= 0.3 is 6.03 Å². The molecule has 0 aliphatic heterocycles. The Hall–Kier alpha value is -3.39. The zero-order valence-corrected chi connectivity index (χ0v) is 17.2. The van der Waals surface area contributed by atoms with Crippen molar-refractivity contribution in [3.05, 3.63) is 76.8 Å². The molecule has 0 atom stereocenters. The van der Waals surface area contributed by atoms with E-state index in [0.717, 1.165) is 21.4 Å². The number of hydrogen-bond acceptors (Lipinski definition) is 4. The standard InChI is InChI=1S/C21H18BrN5O2/c1-29-18-6-5-14(22)12-17(18)26-21(28)25-16-4-2-3-15-20(16)27-19(24-15)11-13-7-9-23-10-8-13/h2-10,12H,11H2,1H3,(H,24,27)(H2,25,26,28). The molecule has 0 unspecified atom stereocenters. The molecular formula is C21H18BrN5O2. The van der Waals surface area contributed by atoms with E-state index in [4.69, 9.17) is 4.74 Å². The van der Waals surface area contributed by atoms with Gasteiger partial charge in [0, 0.05) is 23.3 Å². The lowest BCUT2D eigenvalue weighted by molar-refractivity contribution is 0.262. The van der Waals surface area contributed by atoms with Crippen LogP contribution < -0.4 is 15.4 Å². The highest BCUT2D eigenvalue weighted by Gasteiger charge is 2.12. The molecule has 146 valence electrons. The van der Waals surface area contributed by atoms with E-state index in [9.17, 15) is 4.79 Å². The average molecular weight is 452 g/mol. The molecule has 2 aromatic heterocycles. The van der Waals surface area contributed by atoms with Crippen LogP contribution in [0.15, 0.2) is 65.4 Å². The Labute approximate surface area is 175 Å². The number of halogens is 1. The first kappa shape index (κ1) is 18.9. The number of H-pyrrole nitrogens is 1. The van der Waals surface area contributed by atoms with E-state index >= 15 is 0 Å². The van der Waals surface area contributed by atoms with Crippen molar-refractivity contribution >= 4 is 44.4 Å². The summed E-state index contributed by atoms with van der Waals surface area (Å²) in [6.45, 7) is 0. The van der Waals surface area contributed by atoms with Crippen LogP contribution in [0, 0.1) is 0 Å². The Morgan fingerprint density at radius 1 is 1.10 bits per heavy atom. The molecule has 0 radical (unpaired) electrons. The maximum Gasteiger partial charge on any atom is 0.323 e. The third kappa shape index (κ3) is 4.38. The monoisotopic (exact) mass is 451 g/mol. The van der Waals surface area contributed by atoms with Gasteiger partial charge in [-0.25, -0.2) is 9.78 Å². The molecule has 4 aromatic rings. The maximum atomic E-state index is 12.6. The molecule has 0 aliphatic carbocycles. The van der Waals surface area contributed by atoms with Crippen molar-refractivity contribution in [2.45, 2.75) is 6.42 Å². The average Bonchev–Trinajstić information content (AvgIpc) is 3.12. The summed E-state index contributed by atoms with van der Waals surface area (Å²) >= 11 is 3.40. The van der Waals surface area contributed by atoms with E-state index in [-0.39, 0.29) is 6.03 Å². The number of benzene rings is 2. The van der Waals surface area contributed by atoms with Crippen LogP contribution >= 0.6 is 15.9 Å². The summed E-state index contributed by atoms with van der Waals surface area (Å²) in [7, 11) is 1.56. The zero-order chi connectivity index (χ0) is 20.2. The van der Waals surface area contributed by atoms with Gasteiger partial charge in [-0.3, -0.25) is 4.98 Å². The first-order chi connectivity index (χ1) is 14.1. The molecular weight excluding hydrogens is 434 g/mol. The number of fused-ring (bicyclic) bond motifs is 1. The van der Waals surface area contributed by atoms with Crippen molar-refractivity contribution in [2.24, 2.45) is 0 Å². The van der Waals surface area contributed by atoms with Crippen molar-refractivity contribution in [3.63, 3.8) is 0 Å². The van der Waals surface area contributed by atoms with Crippen molar-refractivity contribution in [2.75, 3.05) is 17.7 Å². The SMILES string of the molecule is COc1ccc(Br)cc1NC(=O)Nc1cccc2[nH]c(Cc3ccncc3)nc12. The van der Waals surface area contributed by atoms with Crippen molar-refractivity contribution < 1.29 is 9.53 Å². The lowest BCUT2D eigenvalue weighted by Crippen LogP contribution is -2.20. The fourth-order valence-electron chi connectivity index (χ4n) is 3.02. The Morgan fingerprint density at radius 2 is 1.90 bits per heavy atom. The van der Waals surface area contributed by atoms with Crippen LogP contribution in [-0.2, 0) is 6.42 Å². The lowest BCUT2D eigenvalue weighted by Gasteiger charge is -2.11. The summed E-state index contributed by atoms with van der Waals surface area (Å²) in [6, 6.07) is 14.5. The van der Waals surface area contributed by atoms with Gasteiger partial charge in [-0.1, -0.05) is 22.0 Å². The number of methoxy groups -OCH3 is 1. The Balaban J connectivity index is 1.55. The number of imidazole rings is 1. The number of rotatable bonds is 5. The molecule has 0 saturated carbocycles. The second-order valence-corrected chi connectivity index (χ2v) is 7.26. The summed E-state index contributed by atoms with van der Waals surface area (Å²) in [5.41, 5.74) is 3.84. The van der Waals surface area contributed by atoms with Gasteiger partial charge in [-0.15, -0.1) is 0 Å². The summed E-state index contributed by atoms with van der Waals surface area (Å²) in [5, 5.41) is 5.68. The van der Waals surface area contributed by atoms with Gasteiger partial charge < -0.3 is 20.4 Å². The highest BCUT2D eigenvalue weighted by molar-refractivity contribution is 9.10. The molecule has 0 bridgehead atoms. The van der Waals surface area contributed by atoms with E-state index in [1.807, 2.05) is 36.4 Å². The number of nitrogens with zero attached hydrogens (tertiary/aromatic N) is 2. The number of anilines is 2. The number of urea groups is 1. The third-order valence-corrected chi connectivity index (χ3v) is 4.83. The maximum absolute atomic E-state index is 12.6. The minimum Gasteiger partial charge on any atom is -0.495 e. The number of para-hydroxylation sites is 1. The summed E-state index contributed by atoms with van der Waals surface area (Å²) < 4.78 is 6.13. The van der Waals surface area contributed by atoms with Crippen molar-refractivity contribution in [1.29, 1.82) is 0 Å². The quantitative estimate of drug-likeness (QED) is 0.399. The van der Waals surface area contributed by atoms with Crippen molar-refractivity contribution in [3.8, 4) is 5.75 Å². The number of pyridine rings is 1. The van der Waals surface area contributed by atoms with Crippen LogP contribution in [0.25, 0.3) is 11.0 Å². The van der Waals surface area contributed by atoms with E-state index in [0.29, 0.717) is 29.1 Å². The summed E-state index contributed by atoms with van der Waals surface area (Å²) in [4.78, 5) is 24.6. The van der Waals surface area contributed by atoms with Crippen molar-refractivity contribution in [1.82, 2.24) is 15.0 Å². The van der Waals surface area contributed by atoms with E-state index < -0.39 is 0 Å². The lowest BCUT2D eigenvalue weighted by atomic mass is 10.2. The highest BCUT2D eigenvalue weighted by atomic mass is 79.9. The number of hydrogen-bond donors (Lipinski definition) is 3. The molecule has 2 aromatic carbocycles.